The molecule has 0 heterocycles. The zero-order valence-electron chi connectivity index (χ0n) is 11.8. The summed E-state index contributed by atoms with van der Waals surface area (Å²) in [4.78, 5) is 2.19. The molecular formula is C17H21FN2. The highest BCUT2D eigenvalue weighted by Crippen LogP contribution is 2.15. The van der Waals surface area contributed by atoms with E-state index in [0.29, 0.717) is 0 Å². The number of anilines is 2. The molecule has 2 aromatic rings. The standard InChI is InChI=1S/C17H21FN2/c1-2-20(17-11-6-8-15(18)14-17)13-7-12-19-16-9-4-3-5-10-16/h3-6,8-11,14,19H,2,7,12-13H2,1H3. The highest BCUT2D eigenvalue weighted by Gasteiger charge is 2.04. The van der Waals surface area contributed by atoms with Crippen LogP contribution in [0.1, 0.15) is 13.3 Å². The summed E-state index contributed by atoms with van der Waals surface area (Å²) in [7, 11) is 0. The molecule has 0 atom stereocenters. The van der Waals surface area contributed by atoms with Crippen molar-refractivity contribution in [1.29, 1.82) is 0 Å². The maximum absolute atomic E-state index is 13.2. The highest BCUT2D eigenvalue weighted by molar-refractivity contribution is 5.46. The Kier molecular flexibility index (Phi) is 5.42. The van der Waals surface area contributed by atoms with Crippen molar-refractivity contribution in [3.05, 3.63) is 60.4 Å². The van der Waals surface area contributed by atoms with Crippen LogP contribution < -0.4 is 10.2 Å². The van der Waals surface area contributed by atoms with E-state index in [-0.39, 0.29) is 5.82 Å². The molecule has 0 aromatic heterocycles. The van der Waals surface area contributed by atoms with Gasteiger partial charge >= 0.3 is 0 Å². The quantitative estimate of drug-likeness (QED) is 0.762. The van der Waals surface area contributed by atoms with E-state index in [1.54, 1.807) is 12.1 Å². The highest BCUT2D eigenvalue weighted by atomic mass is 19.1. The van der Waals surface area contributed by atoms with Gasteiger partial charge in [-0.05, 0) is 43.7 Å². The van der Waals surface area contributed by atoms with Crippen molar-refractivity contribution in [2.24, 2.45) is 0 Å². The molecule has 0 amide bonds. The van der Waals surface area contributed by atoms with Crippen LogP contribution in [0, 0.1) is 5.82 Å². The predicted octanol–water partition coefficient (Wildman–Crippen LogP) is 4.15. The van der Waals surface area contributed by atoms with E-state index in [0.717, 1.165) is 37.4 Å². The van der Waals surface area contributed by atoms with Gasteiger partial charge in [0.15, 0.2) is 0 Å². The summed E-state index contributed by atoms with van der Waals surface area (Å²) in [6, 6.07) is 17.0. The lowest BCUT2D eigenvalue weighted by molar-refractivity contribution is 0.626. The van der Waals surface area contributed by atoms with E-state index in [9.17, 15) is 4.39 Å². The lowest BCUT2D eigenvalue weighted by atomic mass is 10.2. The molecule has 2 nitrogen and oxygen atoms in total. The van der Waals surface area contributed by atoms with Crippen LogP contribution in [-0.2, 0) is 0 Å². The number of rotatable bonds is 7. The average molecular weight is 272 g/mol. The second kappa shape index (κ2) is 7.53. The fourth-order valence-corrected chi connectivity index (χ4v) is 2.20. The topological polar surface area (TPSA) is 15.3 Å². The van der Waals surface area contributed by atoms with Crippen molar-refractivity contribution in [3.8, 4) is 0 Å². The summed E-state index contributed by atoms with van der Waals surface area (Å²) in [6.45, 7) is 4.81. The van der Waals surface area contributed by atoms with Crippen LogP contribution in [0.2, 0.25) is 0 Å². The van der Waals surface area contributed by atoms with Gasteiger partial charge in [0.05, 0.1) is 0 Å². The van der Waals surface area contributed by atoms with Crippen molar-refractivity contribution in [3.63, 3.8) is 0 Å². The van der Waals surface area contributed by atoms with E-state index in [4.69, 9.17) is 0 Å². The lowest BCUT2D eigenvalue weighted by Crippen LogP contribution is -2.25. The van der Waals surface area contributed by atoms with Crippen LogP contribution in [0.3, 0.4) is 0 Å². The van der Waals surface area contributed by atoms with Crippen molar-refractivity contribution in [1.82, 2.24) is 0 Å². The minimum absolute atomic E-state index is 0.177. The van der Waals surface area contributed by atoms with Gasteiger partial charge in [-0.3, -0.25) is 0 Å². The number of nitrogens with zero attached hydrogens (tertiary/aromatic N) is 1. The van der Waals surface area contributed by atoms with Gasteiger partial charge in [0.2, 0.25) is 0 Å². The fraction of sp³-hybridized carbons (Fsp3) is 0.294. The van der Waals surface area contributed by atoms with Crippen molar-refractivity contribution in [2.45, 2.75) is 13.3 Å². The Morgan fingerprint density at radius 3 is 2.55 bits per heavy atom. The van der Waals surface area contributed by atoms with E-state index >= 15 is 0 Å². The van der Waals surface area contributed by atoms with Crippen molar-refractivity contribution in [2.75, 3.05) is 29.9 Å². The van der Waals surface area contributed by atoms with Crippen molar-refractivity contribution >= 4 is 11.4 Å². The smallest absolute Gasteiger partial charge is 0.125 e. The van der Waals surface area contributed by atoms with Crippen LogP contribution in [0.4, 0.5) is 15.8 Å². The summed E-state index contributed by atoms with van der Waals surface area (Å²) in [5, 5.41) is 3.39. The molecule has 0 bridgehead atoms. The molecule has 1 N–H and O–H groups in total. The molecule has 3 heteroatoms. The van der Waals surface area contributed by atoms with Crippen LogP contribution in [0.25, 0.3) is 0 Å². The molecular weight excluding hydrogens is 251 g/mol. The zero-order chi connectivity index (χ0) is 14.2. The summed E-state index contributed by atoms with van der Waals surface area (Å²) < 4.78 is 13.2. The van der Waals surface area contributed by atoms with E-state index in [1.807, 2.05) is 24.3 Å². The Hall–Kier alpha value is -2.03. The van der Waals surface area contributed by atoms with E-state index in [1.165, 1.54) is 6.07 Å². The van der Waals surface area contributed by atoms with Gasteiger partial charge in [-0.2, -0.15) is 0 Å². The van der Waals surface area contributed by atoms with Crippen LogP contribution in [0.15, 0.2) is 54.6 Å². The molecule has 2 rings (SSSR count). The third kappa shape index (κ3) is 4.26. The largest absolute Gasteiger partial charge is 0.385 e. The first kappa shape index (κ1) is 14.4. The Balaban J connectivity index is 1.80. The number of halogens is 1. The maximum atomic E-state index is 13.2. The third-order valence-corrected chi connectivity index (χ3v) is 3.26. The maximum Gasteiger partial charge on any atom is 0.125 e. The number of hydrogen-bond acceptors (Lipinski definition) is 2. The van der Waals surface area contributed by atoms with Gasteiger partial charge < -0.3 is 10.2 Å². The SMILES string of the molecule is CCN(CCCNc1ccccc1)c1cccc(F)c1. The Morgan fingerprint density at radius 2 is 1.85 bits per heavy atom. The Morgan fingerprint density at radius 1 is 1.05 bits per heavy atom. The molecule has 106 valence electrons. The zero-order valence-corrected chi connectivity index (χ0v) is 11.8. The summed E-state index contributed by atoms with van der Waals surface area (Å²) in [5.41, 5.74) is 2.09. The van der Waals surface area contributed by atoms with Gasteiger partial charge in [0, 0.05) is 31.0 Å². The molecule has 0 unspecified atom stereocenters. The van der Waals surface area contributed by atoms with Gasteiger partial charge in [0.1, 0.15) is 5.82 Å². The van der Waals surface area contributed by atoms with Gasteiger partial charge in [-0.25, -0.2) is 4.39 Å². The van der Waals surface area contributed by atoms with Crippen LogP contribution in [-0.4, -0.2) is 19.6 Å². The van der Waals surface area contributed by atoms with Crippen LogP contribution in [0.5, 0.6) is 0 Å². The predicted molar refractivity (Wildman–Crippen MR) is 83.8 cm³/mol. The first-order chi connectivity index (χ1) is 9.79. The molecule has 0 fully saturated rings. The number of nitrogens with one attached hydrogen (secondary N) is 1. The molecule has 0 saturated carbocycles. The van der Waals surface area contributed by atoms with Gasteiger partial charge in [0.25, 0.3) is 0 Å². The Bertz CT molecular complexity index is 513. The fourth-order valence-electron chi connectivity index (χ4n) is 2.20. The average Bonchev–Trinajstić information content (AvgIpc) is 2.48. The van der Waals surface area contributed by atoms with E-state index in [2.05, 4.69) is 29.3 Å². The summed E-state index contributed by atoms with van der Waals surface area (Å²) in [5.74, 6) is -0.177. The van der Waals surface area contributed by atoms with Gasteiger partial charge in [-0.15, -0.1) is 0 Å². The van der Waals surface area contributed by atoms with Crippen molar-refractivity contribution < 1.29 is 4.39 Å². The second-order valence-corrected chi connectivity index (χ2v) is 4.71. The Labute approximate surface area is 120 Å². The summed E-state index contributed by atoms with van der Waals surface area (Å²) >= 11 is 0. The number of hydrogen-bond donors (Lipinski definition) is 1. The molecule has 0 aliphatic heterocycles. The lowest BCUT2D eigenvalue weighted by Gasteiger charge is -2.23. The second-order valence-electron chi connectivity index (χ2n) is 4.71. The molecule has 0 radical (unpaired) electrons. The molecule has 0 aliphatic carbocycles. The minimum Gasteiger partial charge on any atom is -0.385 e. The first-order valence-electron chi connectivity index (χ1n) is 7.09. The molecule has 0 aliphatic rings. The third-order valence-electron chi connectivity index (χ3n) is 3.26. The van der Waals surface area contributed by atoms with Gasteiger partial charge in [-0.1, -0.05) is 24.3 Å². The number of para-hydroxylation sites is 1. The first-order valence-corrected chi connectivity index (χ1v) is 7.09. The van der Waals surface area contributed by atoms with E-state index < -0.39 is 0 Å². The molecule has 0 spiro atoms. The van der Waals surface area contributed by atoms with Crippen LogP contribution >= 0.6 is 0 Å². The molecule has 0 saturated heterocycles. The summed E-state index contributed by atoms with van der Waals surface area (Å²) in [6.07, 6.45) is 1.01. The minimum atomic E-state index is -0.177. The number of benzene rings is 2. The molecule has 2 aromatic carbocycles. The monoisotopic (exact) mass is 272 g/mol. The normalized spacial score (nSPS) is 10.3. The molecule has 20 heavy (non-hydrogen) atoms.